The van der Waals surface area contributed by atoms with E-state index < -0.39 is 5.97 Å². The van der Waals surface area contributed by atoms with E-state index in [0.29, 0.717) is 5.02 Å². The van der Waals surface area contributed by atoms with Crippen LogP contribution in [0.5, 0.6) is 0 Å². The largest absolute Gasteiger partial charge is 0.481 e. The molecule has 0 aliphatic heterocycles. The Bertz CT molecular complexity index is 645. The SMILES string of the molecule is CCSCC(C)n1c(SCC(=O)O)nc2ccc(Cl)cc21. The molecule has 7 heteroatoms. The van der Waals surface area contributed by atoms with E-state index in [4.69, 9.17) is 16.7 Å². The summed E-state index contributed by atoms with van der Waals surface area (Å²) in [5.41, 5.74) is 1.81. The van der Waals surface area contributed by atoms with Crippen molar-refractivity contribution in [3.63, 3.8) is 0 Å². The number of hydrogen-bond acceptors (Lipinski definition) is 4. The number of halogens is 1. The average molecular weight is 345 g/mol. The molecule has 4 nitrogen and oxygen atoms in total. The van der Waals surface area contributed by atoms with Gasteiger partial charge in [-0.05, 0) is 30.9 Å². The zero-order valence-corrected chi connectivity index (χ0v) is 14.3. The Morgan fingerprint density at radius 2 is 2.29 bits per heavy atom. The van der Waals surface area contributed by atoms with Gasteiger partial charge in [0.1, 0.15) is 0 Å². The summed E-state index contributed by atoms with van der Waals surface area (Å²) in [6.45, 7) is 4.25. The highest BCUT2D eigenvalue weighted by Gasteiger charge is 2.17. The Hall–Kier alpha value is -0.850. The van der Waals surface area contributed by atoms with Gasteiger partial charge in [-0.2, -0.15) is 11.8 Å². The highest BCUT2D eigenvalue weighted by molar-refractivity contribution is 7.99. The minimum atomic E-state index is -0.841. The number of hydrogen-bond donors (Lipinski definition) is 1. The number of rotatable bonds is 7. The van der Waals surface area contributed by atoms with Crippen molar-refractivity contribution < 1.29 is 9.90 Å². The maximum Gasteiger partial charge on any atom is 0.313 e. The third kappa shape index (κ3) is 4.08. The first kappa shape index (κ1) is 16.5. The molecule has 0 saturated heterocycles. The van der Waals surface area contributed by atoms with Crippen LogP contribution in [0, 0.1) is 0 Å². The summed E-state index contributed by atoms with van der Waals surface area (Å²) in [5, 5.41) is 10.3. The number of carboxylic acid groups (broad SMARTS) is 1. The standard InChI is InChI=1S/C14H17ClN2O2S2/c1-3-20-7-9(2)17-12-6-10(15)4-5-11(12)16-14(17)21-8-13(18)19/h4-6,9H,3,7-8H2,1-2H3,(H,18,19). The van der Waals surface area contributed by atoms with E-state index in [-0.39, 0.29) is 11.8 Å². The Labute approximate surface area is 137 Å². The molecule has 0 bridgehead atoms. The van der Waals surface area contributed by atoms with Crippen LogP contribution in [0.4, 0.5) is 0 Å². The first-order chi connectivity index (χ1) is 10.0. The molecular formula is C14H17ClN2O2S2. The summed E-state index contributed by atoms with van der Waals surface area (Å²) in [6, 6.07) is 5.80. The predicted octanol–water partition coefficient (Wildman–Crippen LogP) is 4.18. The monoisotopic (exact) mass is 344 g/mol. The summed E-state index contributed by atoms with van der Waals surface area (Å²) in [4.78, 5) is 15.4. The molecule has 21 heavy (non-hydrogen) atoms. The molecule has 1 heterocycles. The molecule has 0 radical (unpaired) electrons. The van der Waals surface area contributed by atoms with Crippen LogP contribution in [0.1, 0.15) is 19.9 Å². The number of carboxylic acids is 1. The Morgan fingerprint density at radius 1 is 1.52 bits per heavy atom. The molecule has 0 spiro atoms. The Balaban J connectivity index is 2.42. The van der Waals surface area contributed by atoms with Crippen LogP contribution in [0.25, 0.3) is 11.0 Å². The van der Waals surface area contributed by atoms with Gasteiger partial charge in [0.25, 0.3) is 0 Å². The van der Waals surface area contributed by atoms with Crippen molar-refractivity contribution in [2.24, 2.45) is 0 Å². The third-order valence-corrected chi connectivity index (χ3v) is 5.25. The fourth-order valence-corrected chi connectivity index (χ4v) is 3.79. The van der Waals surface area contributed by atoms with E-state index in [1.807, 2.05) is 23.9 Å². The second-order valence-corrected chi connectivity index (χ2v) is 7.29. The highest BCUT2D eigenvalue weighted by Crippen LogP contribution is 2.30. The van der Waals surface area contributed by atoms with Crippen molar-refractivity contribution in [1.29, 1.82) is 0 Å². The van der Waals surface area contributed by atoms with Crippen LogP contribution in [-0.4, -0.2) is 37.9 Å². The van der Waals surface area contributed by atoms with Crippen LogP contribution in [-0.2, 0) is 4.79 Å². The molecule has 114 valence electrons. The first-order valence-corrected chi connectivity index (χ1v) is 9.14. The van der Waals surface area contributed by atoms with E-state index in [9.17, 15) is 4.79 Å². The normalized spacial score (nSPS) is 12.7. The van der Waals surface area contributed by atoms with Crippen molar-refractivity contribution >= 4 is 52.1 Å². The summed E-state index contributed by atoms with van der Waals surface area (Å²) in [6.07, 6.45) is 0. The molecule has 1 N–H and O–H groups in total. The molecule has 0 aliphatic carbocycles. The molecule has 0 fully saturated rings. The van der Waals surface area contributed by atoms with Gasteiger partial charge in [-0.15, -0.1) is 0 Å². The van der Waals surface area contributed by atoms with Gasteiger partial charge in [-0.1, -0.05) is 30.3 Å². The summed E-state index contributed by atoms with van der Waals surface area (Å²) in [7, 11) is 0. The van der Waals surface area contributed by atoms with E-state index in [1.54, 1.807) is 6.07 Å². The van der Waals surface area contributed by atoms with Crippen molar-refractivity contribution in [2.45, 2.75) is 25.0 Å². The summed E-state index contributed by atoms with van der Waals surface area (Å²) >= 11 is 9.19. The van der Waals surface area contributed by atoms with Crippen LogP contribution < -0.4 is 0 Å². The number of thioether (sulfide) groups is 2. The third-order valence-electron chi connectivity index (χ3n) is 2.95. The Morgan fingerprint density at radius 3 is 2.95 bits per heavy atom. The minimum absolute atomic E-state index is 0.00466. The van der Waals surface area contributed by atoms with Crippen molar-refractivity contribution in [3.8, 4) is 0 Å². The van der Waals surface area contributed by atoms with Crippen molar-refractivity contribution in [1.82, 2.24) is 9.55 Å². The predicted molar refractivity (Wildman–Crippen MR) is 90.8 cm³/mol. The second-order valence-electron chi connectivity index (χ2n) is 4.59. The van der Waals surface area contributed by atoms with Crippen molar-refractivity contribution in [2.75, 3.05) is 17.3 Å². The summed E-state index contributed by atoms with van der Waals surface area (Å²) in [5.74, 6) is 1.17. The molecule has 1 atom stereocenters. The van der Waals surface area contributed by atoms with E-state index in [2.05, 4.69) is 23.4 Å². The quantitative estimate of drug-likeness (QED) is 0.763. The van der Waals surface area contributed by atoms with E-state index in [1.165, 1.54) is 11.8 Å². The highest BCUT2D eigenvalue weighted by atomic mass is 35.5. The van der Waals surface area contributed by atoms with Gasteiger partial charge in [0.05, 0.1) is 16.8 Å². The maximum absolute atomic E-state index is 10.8. The van der Waals surface area contributed by atoms with Crippen molar-refractivity contribution in [3.05, 3.63) is 23.2 Å². The fourth-order valence-electron chi connectivity index (χ4n) is 2.06. The smallest absolute Gasteiger partial charge is 0.313 e. The number of aromatic nitrogens is 2. The van der Waals surface area contributed by atoms with Gasteiger partial charge in [-0.25, -0.2) is 4.98 Å². The van der Waals surface area contributed by atoms with Crippen LogP contribution in [0.2, 0.25) is 5.02 Å². The molecular weight excluding hydrogens is 328 g/mol. The fraction of sp³-hybridized carbons (Fsp3) is 0.429. The number of aliphatic carboxylic acids is 1. The maximum atomic E-state index is 10.8. The lowest BCUT2D eigenvalue weighted by Gasteiger charge is -2.16. The molecule has 0 amide bonds. The molecule has 1 aromatic carbocycles. The van der Waals surface area contributed by atoms with E-state index in [0.717, 1.165) is 27.7 Å². The molecule has 2 aromatic rings. The molecule has 0 saturated carbocycles. The number of fused-ring (bicyclic) bond motifs is 1. The molecule has 2 rings (SSSR count). The lowest BCUT2D eigenvalue weighted by Crippen LogP contribution is -2.10. The number of imidazole rings is 1. The van der Waals surface area contributed by atoms with Crippen LogP contribution in [0.3, 0.4) is 0 Å². The lowest BCUT2D eigenvalue weighted by molar-refractivity contribution is -0.133. The molecule has 1 aromatic heterocycles. The van der Waals surface area contributed by atoms with Gasteiger partial charge < -0.3 is 9.67 Å². The summed E-state index contributed by atoms with van der Waals surface area (Å²) < 4.78 is 2.09. The zero-order chi connectivity index (χ0) is 15.4. The topological polar surface area (TPSA) is 55.1 Å². The number of benzene rings is 1. The minimum Gasteiger partial charge on any atom is -0.481 e. The second kappa shape index (κ2) is 7.42. The van der Waals surface area contributed by atoms with Crippen LogP contribution >= 0.6 is 35.1 Å². The first-order valence-electron chi connectivity index (χ1n) is 6.62. The zero-order valence-electron chi connectivity index (χ0n) is 11.9. The van der Waals surface area contributed by atoms with Gasteiger partial charge in [0.15, 0.2) is 5.16 Å². The molecule has 0 aliphatic rings. The lowest BCUT2D eigenvalue weighted by atomic mass is 10.3. The van der Waals surface area contributed by atoms with Gasteiger partial charge in [0.2, 0.25) is 0 Å². The van der Waals surface area contributed by atoms with Gasteiger partial charge >= 0.3 is 5.97 Å². The van der Waals surface area contributed by atoms with E-state index >= 15 is 0 Å². The van der Waals surface area contributed by atoms with Gasteiger partial charge in [-0.3, -0.25) is 4.79 Å². The van der Waals surface area contributed by atoms with Gasteiger partial charge in [0, 0.05) is 16.8 Å². The van der Waals surface area contributed by atoms with Crippen LogP contribution in [0.15, 0.2) is 23.4 Å². The Kier molecular flexibility index (Phi) is 5.84. The molecule has 1 unspecified atom stereocenters. The number of nitrogens with zero attached hydrogens (tertiary/aromatic N) is 2. The average Bonchev–Trinajstić information content (AvgIpc) is 2.80. The number of carbonyl (C=O) groups is 1.